The summed E-state index contributed by atoms with van der Waals surface area (Å²) in [5.74, 6) is -0.294. The molecule has 0 aromatic carbocycles. The van der Waals surface area contributed by atoms with Crippen molar-refractivity contribution in [3.63, 3.8) is 0 Å². The van der Waals surface area contributed by atoms with E-state index in [1.807, 2.05) is 20.8 Å². The molecule has 0 bridgehead atoms. The van der Waals surface area contributed by atoms with Gasteiger partial charge in [-0.05, 0) is 34.1 Å². The molecule has 0 aromatic rings. The minimum absolute atomic E-state index is 0.0503. The quantitative estimate of drug-likeness (QED) is 0.642. The minimum atomic E-state index is -0.315. The van der Waals surface area contributed by atoms with Crippen LogP contribution >= 0.6 is 0 Å². The number of amides is 1. The van der Waals surface area contributed by atoms with Gasteiger partial charge in [0.1, 0.15) is 0 Å². The Morgan fingerprint density at radius 1 is 1.28 bits per heavy atom. The smallest absolute Gasteiger partial charge is 0.307 e. The third-order valence-electron chi connectivity index (χ3n) is 2.82. The highest BCUT2D eigenvalue weighted by Gasteiger charge is 2.21. The number of carbonyl (C=O) groups is 2. The molecule has 5 heteroatoms. The fourth-order valence-electron chi connectivity index (χ4n) is 1.25. The summed E-state index contributed by atoms with van der Waals surface area (Å²) in [6, 6.07) is -0.315. The molecule has 0 saturated carbocycles. The maximum Gasteiger partial charge on any atom is 0.307 e. The number of esters is 1. The number of rotatable bonds is 8. The summed E-state index contributed by atoms with van der Waals surface area (Å²) in [5, 5.41) is 5.96. The number of carbonyl (C=O) groups excluding carboxylic acids is 2. The monoisotopic (exact) mass is 258 g/mol. The Labute approximate surface area is 110 Å². The largest absolute Gasteiger partial charge is 0.466 e. The molecule has 0 aliphatic heterocycles. The maximum atomic E-state index is 11.8. The van der Waals surface area contributed by atoms with Crippen molar-refractivity contribution in [1.29, 1.82) is 0 Å². The Kier molecular flexibility index (Phi) is 7.59. The van der Waals surface area contributed by atoms with Crippen LogP contribution in [0, 0.1) is 0 Å². The Morgan fingerprint density at radius 2 is 1.89 bits per heavy atom. The van der Waals surface area contributed by atoms with E-state index >= 15 is 0 Å². The summed E-state index contributed by atoms with van der Waals surface area (Å²) in [4.78, 5) is 22.9. The van der Waals surface area contributed by atoms with E-state index in [9.17, 15) is 9.59 Å². The second-order valence-corrected chi connectivity index (χ2v) is 4.96. The van der Waals surface area contributed by atoms with Crippen molar-refractivity contribution in [2.45, 2.75) is 59.0 Å². The lowest BCUT2D eigenvalue weighted by Crippen LogP contribution is -2.50. The normalized spacial score (nSPS) is 12.9. The van der Waals surface area contributed by atoms with Gasteiger partial charge in [0, 0.05) is 12.1 Å². The van der Waals surface area contributed by atoms with Crippen LogP contribution in [0.1, 0.15) is 47.5 Å². The van der Waals surface area contributed by atoms with Crippen LogP contribution in [-0.2, 0) is 14.3 Å². The lowest BCUT2D eigenvalue weighted by molar-refractivity contribution is -0.143. The summed E-state index contributed by atoms with van der Waals surface area (Å²) >= 11 is 0. The molecule has 18 heavy (non-hydrogen) atoms. The number of hydrogen-bond donors (Lipinski definition) is 2. The topological polar surface area (TPSA) is 67.4 Å². The highest BCUT2D eigenvalue weighted by molar-refractivity contribution is 5.82. The van der Waals surface area contributed by atoms with Crippen LogP contribution in [0.2, 0.25) is 0 Å². The van der Waals surface area contributed by atoms with Gasteiger partial charge in [-0.1, -0.05) is 6.92 Å². The zero-order valence-electron chi connectivity index (χ0n) is 12.1. The highest BCUT2D eigenvalue weighted by atomic mass is 16.5. The molecule has 1 atom stereocenters. The van der Waals surface area contributed by atoms with Gasteiger partial charge in [-0.3, -0.25) is 9.59 Å². The lowest BCUT2D eigenvalue weighted by Gasteiger charge is -2.26. The second kappa shape index (κ2) is 8.08. The van der Waals surface area contributed by atoms with Crippen molar-refractivity contribution >= 4 is 11.9 Å². The third-order valence-corrected chi connectivity index (χ3v) is 2.82. The zero-order valence-corrected chi connectivity index (χ0v) is 12.1. The van der Waals surface area contributed by atoms with Gasteiger partial charge in [0.15, 0.2) is 0 Å². The first-order chi connectivity index (χ1) is 8.32. The first kappa shape index (κ1) is 16.9. The van der Waals surface area contributed by atoms with Crippen LogP contribution in [0.3, 0.4) is 0 Å². The highest BCUT2D eigenvalue weighted by Crippen LogP contribution is 2.06. The standard InChI is InChI=1S/C13H26N2O3/c1-6-13(4,5)15-12(17)10(3)14-9-8-11(16)18-7-2/h10,14H,6-9H2,1-5H3,(H,15,17). The van der Waals surface area contributed by atoms with Crippen LogP contribution in [0.5, 0.6) is 0 Å². The zero-order chi connectivity index (χ0) is 14.2. The van der Waals surface area contributed by atoms with Gasteiger partial charge < -0.3 is 15.4 Å². The average Bonchev–Trinajstić information content (AvgIpc) is 2.28. The molecule has 1 amide bonds. The fraction of sp³-hybridized carbons (Fsp3) is 0.846. The van der Waals surface area contributed by atoms with Gasteiger partial charge in [0.2, 0.25) is 5.91 Å². The van der Waals surface area contributed by atoms with Crippen molar-refractivity contribution < 1.29 is 14.3 Å². The first-order valence-corrected chi connectivity index (χ1v) is 6.53. The molecule has 1 unspecified atom stereocenters. The summed E-state index contributed by atoms with van der Waals surface area (Å²) < 4.78 is 4.80. The van der Waals surface area contributed by atoms with Crippen molar-refractivity contribution in [3.05, 3.63) is 0 Å². The van der Waals surface area contributed by atoms with Crippen molar-refractivity contribution in [1.82, 2.24) is 10.6 Å². The maximum absolute atomic E-state index is 11.8. The molecular weight excluding hydrogens is 232 g/mol. The summed E-state index contributed by atoms with van der Waals surface area (Å²) in [7, 11) is 0. The van der Waals surface area contributed by atoms with E-state index in [-0.39, 0.29) is 29.9 Å². The van der Waals surface area contributed by atoms with Gasteiger partial charge in [0.05, 0.1) is 19.1 Å². The van der Waals surface area contributed by atoms with Crippen LogP contribution in [0.4, 0.5) is 0 Å². The Hall–Kier alpha value is -1.10. The average molecular weight is 258 g/mol. The predicted octanol–water partition coefficient (Wildman–Crippen LogP) is 1.22. The molecule has 5 nitrogen and oxygen atoms in total. The van der Waals surface area contributed by atoms with Gasteiger partial charge in [0.25, 0.3) is 0 Å². The van der Waals surface area contributed by atoms with Crippen LogP contribution in [-0.4, -0.2) is 36.6 Å². The SMILES string of the molecule is CCOC(=O)CCNC(C)C(=O)NC(C)(C)CC. The Morgan fingerprint density at radius 3 is 2.39 bits per heavy atom. The molecule has 0 heterocycles. The lowest BCUT2D eigenvalue weighted by atomic mass is 10.0. The molecule has 0 rings (SSSR count). The molecule has 0 aliphatic carbocycles. The van der Waals surface area contributed by atoms with Gasteiger partial charge in [-0.2, -0.15) is 0 Å². The minimum Gasteiger partial charge on any atom is -0.466 e. The van der Waals surface area contributed by atoms with Gasteiger partial charge in [-0.25, -0.2) is 0 Å². The Bertz CT molecular complexity index is 277. The van der Waals surface area contributed by atoms with Crippen molar-refractivity contribution in [2.75, 3.05) is 13.2 Å². The number of hydrogen-bond acceptors (Lipinski definition) is 4. The van der Waals surface area contributed by atoms with E-state index in [0.29, 0.717) is 13.2 Å². The van der Waals surface area contributed by atoms with E-state index in [4.69, 9.17) is 4.74 Å². The van der Waals surface area contributed by atoms with Gasteiger partial charge >= 0.3 is 5.97 Å². The molecule has 106 valence electrons. The molecule has 0 spiro atoms. The summed E-state index contributed by atoms with van der Waals surface area (Å²) in [6.07, 6.45) is 1.15. The third kappa shape index (κ3) is 7.27. The molecule has 2 N–H and O–H groups in total. The predicted molar refractivity (Wildman–Crippen MR) is 71.2 cm³/mol. The molecule has 0 radical (unpaired) electrons. The second-order valence-electron chi connectivity index (χ2n) is 4.96. The van der Waals surface area contributed by atoms with E-state index in [2.05, 4.69) is 10.6 Å². The van der Waals surface area contributed by atoms with E-state index < -0.39 is 0 Å². The molecule has 0 aliphatic rings. The molecule has 0 aromatic heterocycles. The van der Waals surface area contributed by atoms with Crippen LogP contribution in [0.15, 0.2) is 0 Å². The molecule has 0 saturated heterocycles. The van der Waals surface area contributed by atoms with E-state index in [0.717, 1.165) is 6.42 Å². The number of nitrogens with one attached hydrogen (secondary N) is 2. The van der Waals surface area contributed by atoms with E-state index in [1.54, 1.807) is 13.8 Å². The van der Waals surface area contributed by atoms with E-state index in [1.165, 1.54) is 0 Å². The van der Waals surface area contributed by atoms with Crippen LogP contribution < -0.4 is 10.6 Å². The summed E-state index contributed by atoms with van der Waals surface area (Å²) in [5.41, 5.74) is -0.200. The Balaban J connectivity index is 3.92. The molecule has 0 fully saturated rings. The number of ether oxygens (including phenoxy) is 1. The fourth-order valence-corrected chi connectivity index (χ4v) is 1.25. The van der Waals surface area contributed by atoms with Crippen molar-refractivity contribution in [3.8, 4) is 0 Å². The van der Waals surface area contributed by atoms with Gasteiger partial charge in [-0.15, -0.1) is 0 Å². The van der Waals surface area contributed by atoms with Crippen LogP contribution in [0.25, 0.3) is 0 Å². The summed E-state index contributed by atoms with van der Waals surface area (Å²) in [6.45, 7) is 10.4. The molecular formula is C13H26N2O3. The van der Waals surface area contributed by atoms with Crippen molar-refractivity contribution in [2.24, 2.45) is 0 Å². The first-order valence-electron chi connectivity index (χ1n) is 6.53.